The number of rotatable bonds is 7. The number of hydrogen-bond donors (Lipinski definition) is 1. The Morgan fingerprint density at radius 1 is 1.27 bits per heavy atom. The van der Waals surface area contributed by atoms with Gasteiger partial charge in [-0.15, -0.1) is 11.3 Å². The van der Waals surface area contributed by atoms with E-state index in [1.807, 2.05) is 19.2 Å². The molecule has 0 aliphatic rings. The quantitative estimate of drug-likeness (QED) is 0.578. The number of carbonyl (C=O) groups is 2. The minimum absolute atomic E-state index is 0.301. The topological polar surface area (TPSA) is 95.3 Å². The van der Waals surface area contributed by atoms with Crippen molar-refractivity contribution < 1.29 is 19.1 Å². The number of nitrogens with zero attached hydrogens (tertiary/aromatic N) is 3. The van der Waals surface area contributed by atoms with Crippen LogP contribution in [0.5, 0.6) is 5.75 Å². The van der Waals surface area contributed by atoms with Crippen LogP contribution in [-0.4, -0.2) is 32.7 Å². The molecule has 3 aromatic rings. The van der Waals surface area contributed by atoms with Gasteiger partial charge in [-0.1, -0.05) is 6.07 Å². The molecule has 1 aromatic carbocycles. The van der Waals surface area contributed by atoms with Crippen molar-refractivity contribution in [2.45, 2.75) is 40.4 Å². The van der Waals surface area contributed by atoms with Gasteiger partial charge in [-0.25, -0.2) is 9.78 Å². The van der Waals surface area contributed by atoms with Crippen LogP contribution in [0, 0.1) is 20.8 Å². The first-order valence-corrected chi connectivity index (χ1v) is 10.3. The highest BCUT2D eigenvalue weighted by atomic mass is 32.1. The van der Waals surface area contributed by atoms with Crippen LogP contribution in [0.1, 0.15) is 39.4 Å². The Balaban J connectivity index is 1.60. The highest BCUT2D eigenvalue weighted by Gasteiger charge is 2.22. The summed E-state index contributed by atoms with van der Waals surface area (Å²) >= 11 is 1.55. The van der Waals surface area contributed by atoms with Gasteiger partial charge in [0.2, 0.25) is 0 Å². The summed E-state index contributed by atoms with van der Waals surface area (Å²) in [4.78, 5) is 29.3. The minimum Gasteiger partial charge on any atom is -0.487 e. The van der Waals surface area contributed by atoms with Crippen molar-refractivity contribution in [3.8, 4) is 5.75 Å². The number of hydrogen-bond acceptors (Lipinski definition) is 7. The zero-order chi connectivity index (χ0) is 21.8. The van der Waals surface area contributed by atoms with E-state index in [1.165, 1.54) is 6.92 Å². The number of thiazole rings is 1. The van der Waals surface area contributed by atoms with Crippen LogP contribution in [0.4, 0.5) is 5.69 Å². The fraction of sp³-hybridized carbons (Fsp3) is 0.333. The SMILES string of the molecule is Cc1nc(COc2cccc(C(=O)OC(C)C(=O)Nc3c(C)nn(C)c3C)c2)cs1. The van der Waals surface area contributed by atoms with E-state index < -0.39 is 18.0 Å². The molecule has 1 unspecified atom stereocenters. The average molecular weight is 429 g/mol. The van der Waals surface area contributed by atoms with Crippen LogP contribution in [0.25, 0.3) is 0 Å². The molecule has 1 atom stereocenters. The molecule has 0 aliphatic carbocycles. The molecule has 0 aliphatic heterocycles. The minimum atomic E-state index is -0.973. The van der Waals surface area contributed by atoms with E-state index in [0.29, 0.717) is 29.3 Å². The first-order chi connectivity index (χ1) is 14.2. The molecule has 3 rings (SSSR count). The second-order valence-corrected chi connectivity index (χ2v) is 7.94. The standard InChI is InChI=1S/C21H24N4O4S/c1-12-19(13(2)25(5)24-12)23-20(26)14(3)29-21(27)16-7-6-8-18(9-16)28-10-17-11-30-15(4)22-17/h6-9,11,14H,10H2,1-5H3,(H,23,26). The van der Waals surface area contributed by atoms with Crippen molar-refractivity contribution in [3.05, 3.63) is 57.3 Å². The first-order valence-electron chi connectivity index (χ1n) is 9.40. The molecule has 1 amide bonds. The molecule has 0 bridgehead atoms. The van der Waals surface area contributed by atoms with Gasteiger partial charge in [0.1, 0.15) is 12.4 Å². The number of ether oxygens (including phenoxy) is 2. The Morgan fingerprint density at radius 3 is 2.67 bits per heavy atom. The molecule has 9 heteroatoms. The number of esters is 1. The highest BCUT2D eigenvalue weighted by Crippen LogP contribution is 2.20. The molecule has 2 aromatic heterocycles. The van der Waals surface area contributed by atoms with Gasteiger partial charge in [-0.2, -0.15) is 5.10 Å². The number of aromatic nitrogens is 3. The molecule has 158 valence electrons. The van der Waals surface area contributed by atoms with E-state index in [0.717, 1.165) is 16.4 Å². The summed E-state index contributed by atoms with van der Waals surface area (Å²) in [6.45, 7) is 7.42. The van der Waals surface area contributed by atoms with Gasteiger partial charge >= 0.3 is 5.97 Å². The van der Waals surface area contributed by atoms with E-state index in [9.17, 15) is 9.59 Å². The smallest absolute Gasteiger partial charge is 0.339 e. The van der Waals surface area contributed by atoms with Crippen LogP contribution in [0.3, 0.4) is 0 Å². The molecule has 30 heavy (non-hydrogen) atoms. The van der Waals surface area contributed by atoms with Crippen molar-refractivity contribution in [3.63, 3.8) is 0 Å². The molecule has 2 heterocycles. The summed E-state index contributed by atoms with van der Waals surface area (Å²) in [5, 5.41) is 9.93. The lowest BCUT2D eigenvalue weighted by molar-refractivity contribution is -0.123. The Labute approximate surface area is 178 Å². The third-order valence-corrected chi connectivity index (χ3v) is 5.36. The largest absolute Gasteiger partial charge is 0.487 e. The summed E-state index contributed by atoms with van der Waals surface area (Å²) in [5.41, 5.74) is 3.27. The maximum absolute atomic E-state index is 12.5. The van der Waals surface area contributed by atoms with Gasteiger partial charge in [0.15, 0.2) is 6.10 Å². The molecule has 8 nitrogen and oxygen atoms in total. The third-order valence-electron chi connectivity index (χ3n) is 4.53. The van der Waals surface area contributed by atoms with Crippen LogP contribution in [0.15, 0.2) is 29.6 Å². The predicted molar refractivity (Wildman–Crippen MR) is 114 cm³/mol. The van der Waals surface area contributed by atoms with E-state index >= 15 is 0 Å². The van der Waals surface area contributed by atoms with Crippen molar-refractivity contribution in [1.82, 2.24) is 14.8 Å². The monoisotopic (exact) mass is 428 g/mol. The maximum Gasteiger partial charge on any atom is 0.339 e. The Morgan fingerprint density at radius 2 is 2.03 bits per heavy atom. The van der Waals surface area contributed by atoms with Gasteiger partial charge in [0.05, 0.1) is 33.3 Å². The number of benzene rings is 1. The van der Waals surface area contributed by atoms with Crippen molar-refractivity contribution >= 4 is 28.9 Å². The lowest BCUT2D eigenvalue weighted by Gasteiger charge is -2.14. The summed E-state index contributed by atoms with van der Waals surface area (Å²) in [5.74, 6) is -0.505. The zero-order valence-electron chi connectivity index (χ0n) is 17.6. The average Bonchev–Trinajstić information content (AvgIpc) is 3.24. The number of nitrogens with one attached hydrogen (secondary N) is 1. The van der Waals surface area contributed by atoms with E-state index in [4.69, 9.17) is 9.47 Å². The van der Waals surface area contributed by atoms with Gasteiger partial charge in [-0.3, -0.25) is 9.48 Å². The van der Waals surface area contributed by atoms with E-state index in [2.05, 4.69) is 15.4 Å². The van der Waals surface area contributed by atoms with Crippen molar-refractivity contribution in [1.29, 1.82) is 0 Å². The van der Waals surface area contributed by atoms with Crippen molar-refractivity contribution in [2.75, 3.05) is 5.32 Å². The fourth-order valence-electron chi connectivity index (χ4n) is 2.81. The lowest BCUT2D eigenvalue weighted by atomic mass is 10.2. The summed E-state index contributed by atoms with van der Waals surface area (Å²) in [6.07, 6.45) is -0.973. The number of carbonyl (C=O) groups excluding carboxylic acids is 2. The summed E-state index contributed by atoms with van der Waals surface area (Å²) < 4.78 is 12.7. The van der Waals surface area contributed by atoms with Crippen LogP contribution < -0.4 is 10.1 Å². The van der Waals surface area contributed by atoms with Gasteiger partial charge in [0, 0.05) is 12.4 Å². The van der Waals surface area contributed by atoms with E-state index in [-0.39, 0.29) is 0 Å². The summed E-state index contributed by atoms with van der Waals surface area (Å²) in [7, 11) is 1.80. The molecular formula is C21H24N4O4S. The third kappa shape index (κ3) is 5.04. The van der Waals surface area contributed by atoms with Gasteiger partial charge < -0.3 is 14.8 Å². The molecule has 0 fully saturated rings. The Bertz CT molecular complexity index is 1070. The Kier molecular flexibility index (Phi) is 6.51. The normalized spacial score (nSPS) is 11.8. The molecule has 0 saturated heterocycles. The number of anilines is 1. The van der Waals surface area contributed by atoms with Gasteiger partial charge in [-0.05, 0) is 45.9 Å². The molecule has 0 saturated carbocycles. The van der Waals surface area contributed by atoms with Crippen LogP contribution in [0.2, 0.25) is 0 Å². The molecule has 1 N–H and O–H groups in total. The van der Waals surface area contributed by atoms with Crippen LogP contribution >= 0.6 is 11.3 Å². The molecular weight excluding hydrogens is 404 g/mol. The second-order valence-electron chi connectivity index (χ2n) is 6.88. The molecule has 0 spiro atoms. The highest BCUT2D eigenvalue weighted by molar-refractivity contribution is 7.09. The number of amides is 1. The van der Waals surface area contributed by atoms with Crippen molar-refractivity contribution in [2.24, 2.45) is 7.05 Å². The maximum atomic E-state index is 12.5. The molecule has 0 radical (unpaired) electrons. The first kappa shape index (κ1) is 21.5. The zero-order valence-corrected chi connectivity index (χ0v) is 18.4. The van der Waals surface area contributed by atoms with Crippen LogP contribution in [-0.2, 0) is 23.2 Å². The second kappa shape index (κ2) is 9.08. The van der Waals surface area contributed by atoms with E-state index in [1.54, 1.807) is 54.3 Å². The number of aryl methyl sites for hydroxylation is 3. The predicted octanol–water partition coefficient (Wildman–Crippen LogP) is 3.56. The summed E-state index contributed by atoms with van der Waals surface area (Å²) in [6, 6.07) is 6.65. The van der Waals surface area contributed by atoms with Gasteiger partial charge in [0.25, 0.3) is 5.91 Å². The Hall–Kier alpha value is -3.20. The lowest BCUT2D eigenvalue weighted by Crippen LogP contribution is -2.30. The fourth-order valence-corrected chi connectivity index (χ4v) is 3.40.